The summed E-state index contributed by atoms with van der Waals surface area (Å²) in [5.41, 5.74) is 0.979. The lowest BCUT2D eigenvalue weighted by Gasteiger charge is -2.05. The molecular formula is C10H17N3O3S. The number of hydrogen-bond donors (Lipinski definition) is 2. The Kier molecular flexibility index (Phi) is 5.33. The lowest BCUT2D eigenvalue weighted by Crippen LogP contribution is -2.29. The summed E-state index contributed by atoms with van der Waals surface area (Å²) in [4.78, 5) is 4.05. The molecule has 1 heterocycles. The van der Waals surface area contributed by atoms with Gasteiger partial charge in [0.05, 0.1) is 12.9 Å². The van der Waals surface area contributed by atoms with Crippen molar-refractivity contribution in [3.8, 4) is 5.88 Å². The van der Waals surface area contributed by atoms with Gasteiger partial charge in [0.15, 0.2) is 0 Å². The maximum absolute atomic E-state index is 11.1. The van der Waals surface area contributed by atoms with E-state index in [9.17, 15) is 8.42 Å². The zero-order valence-corrected chi connectivity index (χ0v) is 10.8. The van der Waals surface area contributed by atoms with Crippen molar-refractivity contribution < 1.29 is 13.2 Å². The monoisotopic (exact) mass is 259 g/mol. The van der Waals surface area contributed by atoms with Crippen molar-refractivity contribution in [2.24, 2.45) is 0 Å². The molecule has 0 aromatic carbocycles. The predicted molar refractivity (Wildman–Crippen MR) is 65.3 cm³/mol. The molecule has 6 nitrogen and oxygen atoms in total. The molecular weight excluding hydrogens is 242 g/mol. The Morgan fingerprint density at radius 3 is 2.71 bits per heavy atom. The van der Waals surface area contributed by atoms with E-state index >= 15 is 0 Å². The second kappa shape index (κ2) is 6.53. The molecule has 0 saturated carbocycles. The molecule has 0 spiro atoms. The van der Waals surface area contributed by atoms with Crippen LogP contribution in [0.25, 0.3) is 0 Å². The molecule has 0 fully saturated rings. The smallest absolute Gasteiger partial charge is 0.212 e. The predicted octanol–water partition coefficient (Wildman–Crippen LogP) is -0.271. The van der Waals surface area contributed by atoms with E-state index in [1.54, 1.807) is 19.4 Å². The summed E-state index contributed by atoms with van der Waals surface area (Å²) in [5.74, 6) is 0.624. The average Bonchev–Trinajstić information content (AvgIpc) is 2.35. The molecule has 0 atom stereocenters. The zero-order valence-electron chi connectivity index (χ0n) is 9.93. The molecule has 1 rings (SSSR count). The van der Waals surface area contributed by atoms with Crippen LogP contribution in [0.5, 0.6) is 5.88 Å². The van der Waals surface area contributed by atoms with Crippen LogP contribution in [0.2, 0.25) is 0 Å². The van der Waals surface area contributed by atoms with Crippen LogP contribution < -0.4 is 14.8 Å². The molecule has 1 aromatic rings. The first-order valence-electron chi connectivity index (χ1n) is 5.18. The highest BCUT2D eigenvalue weighted by Crippen LogP contribution is 2.05. The third-order valence-electron chi connectivity index (χ3n) is 2.19. The zero-order chi connectivity index (χ0) is 12.7. The van der Waals surface area contributed by atoms with Crippen LogP contribution >= 0.6 is 0 Å². The SMILES string of the molecule is CNS(=O)(=O)CCNCc1ccc(OC)nc1. The minimum absolute atomic E-state index is 0.0626. The Hall–Kier alpha value is -1.18. The molecule has 0 unspecified atom stereocenters. The van der Waals surface area contributed by atoms with Crippen LogP contribution in [0.4, 0.5) is 0 Å². The van der Waals surface area contributed by atoms with E-state index in [4.69, 9.17) is 4.74 Å². The Morgan fingerprint density at radius 2 is 2.18 bits per heavy atom. The molecule has 1 aromatic heterocycles. The van der Waals surface area contributed by atoms with E-state index in [-0.39, 0.29) is 5.75 Å². The van der Waals surface area contributed by atoms with Crippen LogP contribution in [0.1, 0.15) is 5.56 Å². The molecule has 17 heavy (non-hydrogen) atoms. The number of methoxy groups -OCH3 is 1. The van der Waals surface area contributed by atoms with Crippen molar-refractivity contribution in [1.82, 2.24) is 15.0 Å². The van der Waals surface area contributed by atoms with Crippen molar-refractivity contribution in [3.63, 3.8) is 0 Å². The molecule has 96 valence electrons. The van der Waals surface area contributed by atoms with E-state index < -0.39 is 10.0 Å². The van der Waals surface area contributed by atoms with Crippen molar-refractivity contribution in [1.29, 1.82) is 0 Å². The number of rotatable bonds is 7. The standard InChI is InChI=1S/C10H17N3O3S/c1-11-17(14,15)6-5-12-7-9-3-4-10(16-2)13-8-9/h3-4,8,11-12H,5-7H2,1-2H3. The number of aromatic nitrogens is 1. The van der Waals surface area contributed by atoms with Gasteiger partial charge < -0.3 is 10.1 Å². The lowest BCUT2D eigenvalue weighted by atomic mass is 10.3. The molecule has 0 amide bonds. The second-order valence-corrected chi connectivity index (χ2v) is 5.45. The molecule has 2 N–H and O–H groups in total. The van der Waals surface area contributed by atoms with Crippen LogP contribution in [-0.4, -0.2) is 39.9 Å². The number of pyridine rings is 1. The highest BCUT2D eigenvalue weighted by Gasteiger charge is 2.05. The highest BCUT2D eigenvalue weighted by molar-refractivity contribution is 7.89. The van der Waals surface area contributed by atoms with E-state index in [0.29, 0.717) is 19.0 Å². The van der Waals surface area contributed by atoms with E-state index in [0.717, 1.165) is 5.56 Å². The Labute approximate surface area is 101 Å². The fraction of sp³-hybridized carbons (Fsp3) is 0.500. The third kappa shape index (κ3) is 5.12. The van der Waals surface area contributed by atoms with Gasteiger partial charge in [0, 0.05) is 25.4 Å². The van der Waals surface area contributed by atoms with Crippen LogP contribution in [0, 0.1) is 0 Å². The molecule has 0 bridgehead atoms. The molecule has 0 aliphatic heterocycles. The van der Waals surface area contributed by atoms with E-state index in [2.05, 4.69) is 15.0 Å². The van der Waals surface area contributed by atoms with Crippen LogP contribution in [-0.2, 0) is 16.6 Å². The summed E-state index contributed by atoms with van der Waals surface area (Å²) in [5, 5.41) is 3.03. The number of hydrogen-bond acceptors (Lipinski definition) is 5. The largest absolute Gasteiger partial charge is 0.481 e. The quantitative estimate of drug-likeness (QED) is 0.659. The van der Waals surface area contributed by atoms with Gasteiger partial charge in [-0.2, -0.15) is 0 Å². The Bertz CT molecular complexity index is 431. The van der Waals surface area contributed by atoms with Gasteiger partial charge in [-0.15, -0.1) is 0 Å². The summed E-state index contributed by atoms with van der Waals surface area (Å²) in [7, 11) is -0.169. The van der Waals surface area contributed by atoms with E-state index in [1.807, 2.05) is 6.07 Å². The van der Waals surface area contributed by atoms with Gasteiger partial charge in [-0.25, -0.2) is 18.1 Å². The molecule has 0 aliphatic rings. The summed E-state index contributed by atoms with van der Waals surface area (Å²) < 4.78 is 29.4. The van der Waals surface area contributed by atoms with Crippen molar-refractivity contribution >= 4 is 10.0 Å². The summed E-state index contributed by atoms with van der Waals surface area (Å²) in [6.07, 6.45) is 1.69. The Balaban J connectivity index is 2.31. The molecule has 0 saturated heterocycles. The maximum atomic E-state index is 11.1. The topological polar surface area (TPSA) is 80.3 Å². The van der Waals surface area contributed by atoms with E-state index in [1.165, 1.54) is 7.05 Å². The van der Waals surface area contributed by atoms with Gasteiger partial charge in [-0.1, -0.05) is 6.07 Å². The normalized spacial score (nSPS) is 11.4. The minimum atomic E-state index is -3.13. The highest BCUT2D eigenvalue weighted by atomic mass is 32.2. The first-order valence-corrected chi connectivity index (χ1v) is 6.83. The summed E-state index contributed by atoms with van der Waals surface area (Å²) >= 11 is 0. The molecule has 0 radical (unpaired) electrons. The number of ether oxygens (including phenoxy) is 1. The lowest BCUT2D eigenvalue weighted by molar-refractivity contribution is 0.397. The number of nitrogens with zero attached hydrogens (tertiary/aromatic N) is 1. The van der Waals surface area contributed by atoms with Crippen LogP contribution in [0.3, 0.4) is 0 Å². The summed E-state index contributed by atoms with van der Waals surface area (Å²) in [6.45, 7) is 0.978. The number of nitrogens with one attached hydrogen (secondary N) is 2. The molecule has 0 aliphatic carbocycles. The fourth-order valence-corrected chi connectivity index (χ4v) is 1.79. The average molecular weight is 259 g/mol. The van der Waals surface area contributed by atoms with Crippen molar-refractivity contribution in [2.75, 3.05) is 26.5 Å². The first kappa shape index (κ1) is 13.9. The first-order chi connectivity index (χ1) is 8.07. The van der Waals surface area contributed by atoms with Gasteiger partial charge >= 0.3 is 0 Å². The fourth-order valence-electron chi connectivity index (χ4n) is 1.18. The van der Waals surface area contributed by atoms with Gasteiger partial charge in [-0.05, 0) is 12.6 Å². The van der Waals surface area contributed by atoms with Crippen molar-refractivity contribution in [2.45, 2.75) is 6.54 Å². The third-order valence-corrected chi connectivity index (χ3v) is 3.56. The van der Waals surface area contributed by atoms with Crippen molar-refractivity contribution in [3.05, 3.63) is 23.9 Å². The van der Waals surface area contributed by atoms with Gasteiger partial charge in [0.2, 0.25) is 15.9 Å². The summed E-state index contributed by atoms with van der Waals surface area (Å²) in [6, 6.07) is 3.65. The van der Waals surface area contributed by atoms with Crippen LogP contribution in [0.15, 0.2) is 18.3 Å². The maximum Gasteiger partial charge on any atom is 0.212 e. The van der Waals surface area contributed by atoms with Gasteiger partial charge in [-0.3, -0.25) is 0 Å². The minimum Gasteiger partial charge on any atom is -0.481 e. The Morgan fingerprint density at radius 1 is 1.41 bits per heavy atom. The number of sulfonamides is 1. The van der Waals surface area contributed by atoms with Gasteiger partial charge in [0.1, 0.15) is 0 Å². The molecule has 7 heteroatoms. The van der Waals surface area contributed by atoms with Gasteiger partial charge in [0.25, 0.3) is 0 Å². The second-order valence-electron chi connectivity index (χ2n) is 3.41.